The summed E-state index contributed by atoms with van der Waals surface area (Å²) in [6.07, 6.45) is -0.949. The Kier molecular flexibility index (Phi) is 5.47. The zero-order valence-electron chi connectivity index (χ0n) is 13.1. The number of hydrogen-bond acceptors (Lipinski definition) is 6. The minimum absolute atomic E-state index is 0.194. The summed E-state index contributed by atoms with van der Waals surface area (Å²) in [5.74, 6) is -1.05. The fourth-order valence-electron chi connectivity index (χ4n) is 1.93. The zero-order chi connectivity index (χ0) is 17.8. The SMILES string of the molecule is C[C@@H](OC(=O)c1csc(-c2cccs2)n1)C(=O)Nc1ccc(Cl)cc1. The summed E-state index contributed by atoms with van der Waals surface area (Å²) >= 11 is 8.70. The van der Waals surface area contributed by atoms with E-state index in [-0.39, 0.29) is 5.69 Å². The Morgan fingerprint density at radius 1 is 1.20 bits per heavy atom. The molecule has 1 aromatic carbocycles. The van der Waals surface area contributed by atoms with E-state index in [0.717, 1.165) is 9.88 Å². The van der Waals surface area contributed by atoms with Crippen LogP contribution >= 0.6 is 34.3 Å². The molecule has 0 saturated heterocycles. The normalized spacial score (nSPS) is 11.8. The van der Waals surface area contributed by atoms with Gasteiger partial charge in [0.25, 0.3) is 5.91 Å². The predicted octanol–water partition coefficient (Wildman–Crippen LogP) is 4.71. The fourth-order valence-corrected chi connectivity index (χ4v) is 3.66. The van der Waals surface area contributed by atoms with Crippen LogP contribution in [0.1, 0.15) is 17.4 Å². The van der Waals surface area contributed by atoms with Crippen molar-refractivity contribution < 1.29 is 14.3 Å². The molecule has 128 valence electrons. The number of carbonyl (C=O) groups is 2. The largest absolute Gasteiger partial charge is 0.448 e. The van der Waals surface area contributed by atoms with E-state index in [1.54, 1.807) is 41.0 Å². The van der Waals surface area contributed by atoms with E-state index in [1.807, 2.05) is 17.5 Å². The Morgan fingerprint density at radius 3 is 2.64 bits per heavy atom. The smallest absolute Gasteiger partial charge is 0.358 e. The van der Waals surface area contributed by atoms with E-state index in [2.05, 4.69) is 10.3 Å². The van der Waals surface area contributed by atoms with Gasteiger partial charge in [-0.25, -0.2) is 9.78 Å². The molecule has 0 saturated carbocycles. The highest BCUT2D eigenvalue weighted by molar-refractivity contribution is 7.20. The summed E-state index contributed by atoms with van der Waals surface area (Å²) in [6.45, 7) is 1.51. The summed E-state index contributed by atoms with van der Waals surface area (Å²) in [6, 6.07) is 10.5. The van der Waals surface area contributed by atoms with Gasteiger partial charge < -0.3 is 10.1 Å². The van der Waals surface area contributed by atoms with Gasteiger partial charge in [0, 0.05) is 16.1 Å². The number of nitrogens with zero attached hydrogens (tertiary/aromatic N) is 1. The van der Waals surface area contributed by atoms with Gasteiger partial charge in [-0.1, -0.05) is 17.7 Å². The van der Waals surface area contributed by atoms with E-state index < -0.39 is 18.0 Å². The van der Waals surface area contributed by atoms with Crippen molar-refractivity contribution in [2.45, 2.75) is 13.0 Å². The van der Waals surface area contributed by atoms with Crippen molar-refractivity contribution in [2.24, 2.45) is 0 Å². The Bertz CT molecular complexity index is 876. The fraction of sp³-hybridized carbons (Fsp3) is 0.118. The molecule has 0 aliphatic heterocycles. The quantitative estimate of drug-likeness (QED) is 0.638. The molecule has 25 heavy (non-hydrogen) atoms. The lowest BCUT2D eigenvalue weighted by Gasteiger charge is -2.12. The standard InChI is InChI=1S/C17H13ClN2O3S2/c1-10(15(21)19-12-6-4-11(18)5-7-12)23-17(22)13-9-25-16(20-13)14-3-2-8-24-14/h2-10H,1H3,(H,19,21)/t10-/m1/s1. The number of benzene rings is 1. The molecule has 0 aliphatic rings. The Labute approximate surface area is 157 Å². The van der Waals surface area contributed by atoms with E-state index in [4.69, 9.17) is 16.3 Å². The first-order valence-corrected chi connectivity index (χ1v) is 9.43. The second-order valence-corrected chi connectivity index (χ2v) is 7.30. The van der Waals surface area contributed by atoms with Gasteiger partial charge in [-0.2, -0.15) is 0 Å². The predicted molar refractivity (Wildman–Crippen MR) is 100 cm³/mol. The highest BCUT2D eigenvalue weighted by Crippen LogP contribution is 2.28. The summed E-state index contributed by atoms with van der Waals surface area (Å²) in [5.41, 5.74) is 0.769. The van der Waals surface area contributed by atoms with Crippen LogP contribution in [-0.4, -0.2) is 23.0 Å². The van der Waals surface area contributed by atoms with Gasteiger partial charge in [-0.05, 0) is 42.6 Å². The number of nitrogens with one attached hydrogen (secondary N) is 1. The molecule has 5 nitrogen and oxygen atoms in total. The van der Waals surface area contributed by atoms with Crippen molar-refractivity contribution in [2.75, 3.05) is 5.32 Å². The van der Waals surface area contributed by atoms with Gasteiger partial charge in [0.15, 0.2) is 11.8 Å². The van der Waals surface area contributed by atoms with Gasteiger partial charge >= 0.3 is 5.97 Å². The average Bonchev–Trinajstić information content (AvgIpc) is 3.28. The van der Waals surface area contributed by atoms with Crippen LogP contribution in [0.3, 0.4) is 0 Å². The Morgan fingerprint density at radius 2 is 1.96 bits per heavy atom. The molecule has 0 radical (unpaired) electrons. The molecule has 3 aromatic rings. The number of amides is 1. The minimum Gasteiger partial charge on any atom is -0.448 e. The molecular weight excluding hydrogens is 380 g/mol. The first-order chi connectivity index (χ1) is 12.0. The number of thiazole rings is 1. The molecule has 2 heterocycles. The Hall–Kier alpha value is -2.22. The van der Waals surface area contributed by atoms with Crippen molar-refractivity contribution in [3.63, 3.8) is 0 Å². The molecule has 1 atom stereocenters. The number of thiophene rings is 1. The van der Waals surface area contributed by atoms with E-state index in [0.29, 0.717) is 10.7 Å². The first-order valence-electron chi connectivity index (χ1n) is 7.30. The topological polar surface area (TPSA) is 68.3 Å². The first kappa shape index (κ1) is 17.6. The van der Waals surface area contributed by atoms with Gasteiger partial charge in [-0.3, -0.25) is 4.79 Å². The van der Waals surface area contributed by atoms with Crippen LogP contribution in [0.2, 0.25) is 5.02 Å². The van der Waals surface area contributed by atoms with Crippen molar-refractivity contribution in [3.05, 3.63) is 57.9 Å². The maximum Gasteiger partial charge on any atom is 0.358 e. The third-order valence-electron chi connectivity index (χ3n) is 3.21. The van der Waals surface area contributed by atoms with Crippen molar-refractivity contribution in [1.29, 1.82) is 0 Å². The van der Waals surface area contributed by atoms with Crippen LogP contribution in [0, 0.1) is 0 Å². The lowest BCUT2D eigenvalue weighted by atomic mass is 10.3. The van der Waals surface area contributed by atoms with Gasteiger partial charge in [0.2, 0.25) is 0 Å². The number of rotatable bonds is 5. The van der Waals surface area contributed by atoms with Crippen molar-refractivity contribution in [1.82, 2.24) is 4.98 Å². The maximum atomic E-state index is 12.2. The van der Waals surface area contributed by atoms with Crippen molar-refractivity contribution >= 4 is 51.8 Å². The third kappa shape index (κ3) is 4.45. The molecule has 0 spiro atoms. The van der Waals surface area contributed by atoms with E-state index in [1.165, 1.54) is 18.3 Å². The number of anilines is 1. The summed E-state index contributed by atoms with van der Waals surface area (Å²) < 4.78 is 5.20. The van der Waals surface area contributed by atoms with Crippen LogP contribution in [0.25, 0.3) is 9.88 Å². The maximum absolute atomic E-state index is 12.2. The molecular formula is C17H13ClN2O3S2. The summed E-state index contributed by atoms with van der Waals surface area (Å²) in [5, 5.41) is 7.55. The van der Waals surface area contributed by atoms with Crippen molar-refractivity contribution in [3.8, 4) is 9.88 Å². The zero-order valence-corrected chi connectivity index (χ0v) is 15.5. The van der Waals surface area contributed by atoms with Gasteiger partial charge in [-0.15, -0.1) is 22.7 Å². The molecule has 2 aromatic heterocycles. The summed E-state index contributed by atoms with van der Waals surface area (Å²) in [7, 11) is 0. The Balaban J connectivity index is 1.60. The van der Waals surface area contributed by atoms with Crippen LogP contribution in [0.5, 0.6) is 0 Å². The van der Waals surface area contributed by atoms with Crippen LogP contribution < -0.4 is 5.32 Å². The lowest BCUT2D eigenvalue weighted by Crippen LogP contribution is -2.30. The van der Waals surface area contributed by atoms with E-state index >= 15 is 0 Å². The molecule has 0 bridgehead atoms. The van der Waals surface area contributed by atoms with E-state index in [9.17, 15) is 9.59 Å². The lowest BCUT2D eigenvalue weighted by molar-refractivity contribution is -0.123. The number of esters is 1. The number of ether oxygens (including phenoxy) is 1. The molecule has 1 amide bonds. The number of hydrogen-bond donors (Lipinski definition) is 1. The van der Waals surface area contributed by atoms with Crippen LogP contribution in [0.15, 0.2) is 47.2 Å². The summed E-state index contributed by atoms with van der Waals surface area (Å²) in [4.78, 5) is 29.5. The highest BCUT2D eigenvalue weighted by atomic mass is 35.5. The second kappa shape index (κ2) is 7.77. The molecule has 3 rings (SSSR count). The van der Waals surface area contributed by atoms with Crippen LogP contribution in [0.4, 0.5) is 5.69 Å². The number of aromatic nitrogens is 1. The van der Waals surface area contributed by atoms with Gasteiger partial charge in [0.1, 0.15) is 5.01 Å². The molecule has 0 fully saturated rings. The van der Waals surface area contributed by atoms with Crippen LogP contribution in [-0.2, 0) is 9.53 Å². The third-order valence-corrected chi connectivity index (χ3v) is 5.34. The molecule has 1 N–H and O–H groups in total. The second-order valence-electron chi connectivity index (χ2n) is 5.06. The monoisotopic (exact) mass is 392 g/mol. The molecule has 0 aliphatic carbocycles. The molecule has 0 unspecified atom stereocenters. The average molecular weight is 393 g/mol. The molecule has 8 heteroatoms. The number of carbonyl (C=O) groups excluding carboxylic acids is 2. The number of halogens is 1. The highest BCUT2D eigenvalue weighted by Gasteiger charge is 2.21. The minimum atomic E-state index is -0.949. The van der Waals surface area contributed by atoms with Gasteiger partial charge in [0.05, 0.1) is 4.88 Å².